The predicted molar refractivity (Wildman–Crippen MR) is 118 cm³/mol. The lowest BCUT2D eigenvalue weighted by Gasteiger charge is -2.38. The molecule has 0 saturated carbocycles. The van der Waals surface area contributed by atoms with Crippen molar-refractivity contribution in [3.8, 4) is 0 Å². The van der Waals surface area contributed by atoms with Crippen molar-refractivity contribution in [2.24, 2.45) is 0 Å². The summed E-state index contributed by atoms with van der Waals surface area (Å²) in [5, 5.41) is 13.5. The number of carbonyl (C=O) groups excluding carboxylic acids is 2. The highest BCUT2D eigenvalue weighted by Gasteiger charge is 2.39. The fraction of sp³-hybridized carbons (Fsp3) is 0.579. The largest absolute Gasteiger partial charge is 0.455 e. The second-order valence-corrected chi connectivity index (χ2v) is 14.3. The fourth-order valence-electron chi connectivity index (χ4n) is 2.31. The van der Waals surface area contributed by atoms with Crippen LogP contribution in [0.25, 0.3) is 0 Å². The molecule has 8 nitrogen and oxygen atoms in total. The van der Waals surface area contributed by atoms with Crippen molar-refractivity contribution in [3.05, 3.63) is 39.9 Å². The molecule has 168 valence electrons. The zero-order valence-electron chi connectivity index (χ0n) is 17.9. The molecule has 1 aromatic carbocycles. The molecule has 0 aliphatic rings. The Morgan fingerprint density at radius 1 is 1.20 bits per heavy atom. The van der Waals surface area contributed by atoms with Crippen LogP contribution in [0.1, 0.15) is 39.4 Å². The van der Waals surface area contributed by atoms with E-state index in [1.54, 1.807) is 0 Å². The first-order valence-electron chi connectivity index (χ1n) is 9.30. The monoisotopic (exact) mass is 478 g/mol. The quantitative estimate of drug-likeness (QED) is 0.184. The zero-order valence-corrected chi connectivity index (χ0v) is 20.4. The molecular formula is C19H28Cl2N2O6Si. The molecule has 1 rings (SSSR count). The zero-order chi connectivity index (χ0) is 23.3. The molecule has 1 N–H and O–H groups in total. The van der Waals surface area contributed by atoms with Gasteiger partial charge in [-0.3, -0.25) is 19.7 Å². The molecule has 0 aliphatic heterocycles. The minimum atomic E-state index is -2.20. The predicted octanol–water partition coefficient (Wildman–Crippen LogP) is 4.51. The Labute approximate surface area is 187 Å². The molecule has 0 radical (unpaired) electrons. The molecule has 1 aromatic rings. The topological polar surface area (TPSA) is 108 Å². The van der Waals surface area contributed by atoms with Gasteiger partial charge in [0, 0.05) is 19.1 Å². The van der Waals surface area contributed by atoms with Gasteiger partial charge in [-0.2, -0.15) is 0 Å². The summed E-state index contributed by atoms with van der Waals surface area (Å²) in [6.07, 6.45) is -0.955. The van der Waals surface area contributed by atoms with Crippen LogP contribution in [0.3, 0.4) is 0 Å². The van der Waals surface area contributed by atoms with Gasteiger partial charge in [0.2, 0.25) is 0 Å². The van der Waals surface area contributed by atoms with E-state index in [0.29, 0.717) is 5.56 Å². The number of nitro benzene ring substituents is 1. The standard InChI is InChI=1S/C19H28Cl2N2O6Si/c1-12(24)29-16(13-7-9-14(10-8-13)23(26)27)15(22-18(25)17(20)21)11-28-30(5,6)19(2,3)4/h7-10,15-17H,11H2,1-6H3,(H,22,25). The number of alkyl halides is 2. The first-order chi connectivity index (χ1) is 13.7. The van der Waals surface area contributed by atoms with E-state index in [1.807, 2.05) is 13.1 Å². The van der Waals surface area contributed by atoms with Crippen molar-refractivity contribution in [2.75, 3.05) is 6.61 Å². The summed E-state index contributed by atoms with van der Waals surface area (Å²) in [4.78, 5) is 33.0. The molecule has 2 atom stereocenters. The second-order valence-electron chi connectivity index (χ2n) is 8.37. The highest BCUT2D eigenvalue weighted by atomic mass is 35.5. The third kappa shape index (κ3) is 7.53. The number of hydrogen-bond acceptors (Lipinski definition) is 6. The Hall–Kier alpha value is -1.68. The van der Waals surface area contributed by atoms with Crippen molar-refractivity contribution in [3.63, 3.8) is 0 Å². The summed E-state index contributed by atoms with van der Waals surface area (Å²) in [7, 11) is -2.20. The van der Waals surface area contributed by atoms with Gasteiger partial charge in [0.1, 0.15) is 6.10 Å². The number of carbonyl (C=O) groups is 2. The van der Waals surface area contributed by atoms with Crippen LogP contribution in [0.4, 0.5) is 5.69 Å². The SMILES string of the molecule is CC(=O)OC(c1ccc([N+](=O)[O-])cc1)C(CO[Si](C)(C)C(C)(C)C)NC(=O)C(Cl)Cl. The molecule has 1 amide bonds. The Morgan fingerprint density at radius 3 is 2.13 bits per heavy atom. The van der Waals surface area contributed by atoms with Crippen LogP contribution in [-0.4, -0.2) is 42.6 Å². The lowest BCUT2D eigenvalue weighted by atomic mass is 10.0. The molecule has 30 heavy (non-hydrogen) atoms. The van der Waals surface area contributed by atoms with Gasteiger partial charge in [-0.1, -0.05) is 44.0 Å². The van der Waals surface area contributed by atoms with Gasteiger partial charge in [0.05, 0.1) is 17.6 Å². The average molecular weight is 479 g/mol. The van der Waals surface area contributed by atoms with Gasteiger partial charge in [-0.25, -0.2) is 0 Å². The summed E-state index contributed by atoms with van der Waals surface area (Å²) in [5.41, 5.74) is 0.348. The molecular weight excluding hydrogens is 451 g/mol. The van der Waals surface area contributed by atoms with Gasteiger partial charge < -0.3 is 14.5 Å². The van der Waals surface area contributed by atoms with E-state index in [9.17, 15) is 19.7 Å². The van der Waals surface area contributed by atoms with Crippen LogP contribution >= 0.6 is 23.2 Å². The van der Waals surface area contributed by atoms with Crippen molar-refractivity contribution >= 4 is 49.1 Å². The number of nitrogens with zero attached hydrogens (tertiary/aromatic N) is 1. The van der Waals surface area contributed by atoms with E-state index in [0.717, 1.165) is 0 Å². The lowest BCUT2D eigenvalue weighted by molar-refractivity contribution is -0.384. The van der Waals surface area contributed by atoms with E-state index in [1.165, 1.54) is 31.2 Å². The number of halogens is 2. The van der Waals surface area contributed by atoms with Gasteiger partial charge in [-0.05, 0) is 35.8 Å². The smallest absolute Gasteiger partial charge is 0.303 e. The molecule has 0 heterocycles. The maximum Gasteiger partial charge on any atom is 0.303 e. The second kappa shape index (κ2) is 10.6. The van der Waals surface area contributed by atoms with Crippen LogP contribution in [0.5, 0.6) is 0 Å². The summed E-state index contributed by atoms with van der Waals surface area (Å²) >= 11 is 11.4. The summed E-state index contributed by atoms with van der Waals surface area (Å²) in [5.74, 6) is -1.25. The first kappa shape index (κ1) is 26.4. The number of non-ortho nitro benzene ring substituents is 1. The molecule has 0 saturated heterocycles. The van der Waals surface area contributed by atoms with Gasteiger partial charge in [-0.15, -0.1) is 0 Å². The van der Waals surface area contributed by atoms with Crippen molar-refractivity contribution in [2.45, 2.75) is 62.8 Å². The number of hydrogen-bond donors (Lipinski definition) is 1. The van der Waals surface area contributed by atoms with Crippen molar-refractivity contribution in [1.82, 2.24) is 5.32 Å². The number of rotatable bonds is 9. The molecule has 0 fully saturated rings. The van der Waals surface area contributed by atoms with Crippen LogP contribution < -0.4 is 5.32 Å². The number of esters is 1. The lowest BCUT2D eigenvalue weighted by Crippen LogP contribution is -2.50. The number of nitro groups is 1. The number of benzene rings is 1. The van der Waals surface area contributed by atoms with E-state index in [-0.39, 0.29) is 17.3 Å². The Morgan fingerprint density at radius 2 is 1.73 bits per heavy atom. The maximum atomic E-state index is 12.2. The molecule has 11 heteroatoms. The number of amides is 1. The van der Waals surface area contributed by atoms with Gasteiger partial charge in [0.15, 0.2) is 13.2 Å². The van der Waals surface area contributed by atoms with Crippen molar-refractivity contribution < 1.29 is 23.7 Å². The average Bonchev–Trinajstić information content (AvgIpc) is 2.62. The minimum Gasteiger partial charge on any atom is -0.455 e. The Balaban J connectivity index is 3.28. The number of ether oxygens (including phenoxy) is 1. The summed E-state index contributed by atoms with van der Waals surface area (Å²) < 4.78 is 11.7. The Kier molecular flexibility index (Phi) is 9.28. The van der Waals surface area contributed by atoms with Crippen molar-refractivity contribution in [1.29, 1.82) is 0 Å². The number of nitrogens with one attached hydrogen (secondary N) is 1. The van der Waals surface area contributed by atoms with E-state index in [4.69, 9.17) is 32.4 Å². The third-order valence-electron chi connectivity index (χ3n) is 5.05. The van der Waals surface area contributed by atoms with E-state index < -0.39 is 42.1 Å². The van der Waals surface area contributed by atoms with E-state index in [2.05, 4.69) is 26.1 Å². The first-order valence-corrected chi connectivity index (χ1v) is 13.1. The van der Waals surface area contributed by atoms with Crippen LogP contribution in [0, 0.1) is 10.1 Å². The normalized spacial score (nSPS) is 14.2. The van der Waals surface area contributed by atoms with Crippen LogP contribution in [-0.2, 0) is 18.8 Å². The van der Waals surface area contributed by atoms with Crippen LogP contribution in [0.2, 0.25) is 18.1 Å². The maximum absolute atomic E-state index is 12.2. The molecule has 2 unspecified atom stereocenters. The summed E-state index contributed by atoms with van der Waals surface area (Å²) in [6.45, 7) is 11.6. The fourth-order valence-corrected chi connectivity index (χ4v) is 3.47. The van der Waals surface area contributed by atoms with Gasteiger partial charge >= 0.3 is 5.97 Å². The molecule has 0 bridgehead atoms. The van der Waals surface area contributed by atoms with Crippen LogP contribution in [0.15, 0.2) is 24.3 Å². The third-order valence-corrected chi connectivity index (χ3v) is 9.94. The summed E-state index contributed by atoms with van der Waals surface area (Å²) in [6, 6.07) is 4.72. The highest BCUT2D eigenvalue weighted by molar-refractivity contribution is 6.74. The minimum absolute atomic E-state index is 0.0393. The van der Waals surface area contributed by atoms with E-state index >= 15 is 0 Å². The molecule has 0 spiro atoms. The van der Waals surface area contributed by atoms with Gasteiger partial charge in [0.25, 0.3) is 11.6 Å². The highest BCUT2D eigenvalue weighted by Crippen LogP contribution is 2.37. The molecule has 0 aromatic heterocycles. The Bertz CT molecular complexity index is 765. The molecule has 0 aliphatic carbocycles.